The zero-order valence-electron chi connectivity index (χ0n) is 17.9. The molecule has 168 valence electrons. The van der Waals surface area contributed by atoms with Crippen LogP contribution >= 0.6 is 11.3 Å². The Kier molecular flexibility index (Phi) is 5.92. The van der Waals surface area contributed by atoms with Gasteiger partial charge in [-0.25, -0.2) is 9.37 Å². The molecule has 5 rings (SSSR count). The van der Waals surface area contributed by atoms with Crippen molar-refractivity contribution in [1.29, 1.82) is 0 Å². The monoisotopic (exact) mass is 462 g/mol. The topological polar surface area (TPSA) is 78.1 Å². The van der Waals surface area contributed by atoms with Crippen LogP contribution in [0.3, 0.4) is 0 Å². The highest BCUT2D eigenvalue weighted by Crippen LogP contribution is 2.32. The SMILES string of the molecule is O=C(NCc1ccc(F)cc1)C1CCCN(c2nc3c(-c4ccccc4)csc3c(=O)[nH]2)C1. The smallest absolute Gasteiger partial charge is 0.270 e. The second-order valence-electron chi connectivity index (χ2n) is 8.21. The minimum absolute atomic E-state index is 0.0482. The third-order valence-corrected chi connectivity index (χ3v) is 6.94. The van der Waals surface area contributed by atoms with Gasteiger partial charge in [0.05, 0.1) is 11.4 Å². The zero-order chi connectivity index (χ0) is 22.8. The lowest BCUT2D eigenvalue weighted by atomic mass is 9.97. The molecule has 2 aromatic carbocycles. The molecule has 1 aliphatic heterocycles. The Labute approximate surface area is 194 Å². The van der Waals surface area contributed by atoms with Crippen molar-refractivity contribution < 1.29 is 9.18 Å². The summed E-state index contributed by atoms with van der Waals surface area (Å²) in [7, 11) is 0. The van der Waals surface area contributed by atoms with Gasteiger partial charge in [0, 0.05) is 30.6 Å². The van der Waals surface area contributed by atoms with Crippen LogP contribution in [-0.2, 0) is 11.3 Å². The van der Waals surface area contributed by atoms with Gasteiger partial charge in [0.2, 0.25) is 11.9 Å². The number of carbonyl (C=O) groups is 1. The second-order valence-corrected chi connectivity index (χ2v) is 9.09. The number of H-pyrrole nitrogens is 1. The number of aromatic amines is 1. The van der Waals surface area contributed by atoms with E-state index < -0.39 is 0 Å². The van der Waals surface area contributed by atoms with Crippen LogP contribution in [-0.4, -0.2) is 29.0 Å². The molecule has 4 aromatic rings. The van der Waals surface area contributed by atoms with Crippen LogP contribution in [0.5, 0.6) is 0 Å². The lowest BCUT2D eigenvalue weighted by molar-refractivity contribution is -0.125. The summed E-state index contributed by atoms with van der Waals surface area (Å²) in [4.78, 5) is 35.3. The van der Waals surface area contributed by atoms with E-state index in [1.165, 1.54) is 23.5 Å². The van der Waals surface area contributed by atoms with E-state index in [-0.39, 0.29) is 23.2 Å². The number of amides is 1. The molecule has 0 bridgehead atoms. The first-order valence-corrected chi connectivity index (χ1v) is 11.8. The van der Waals surface area contributed by atoms with E-state index in [0.29, 0.717) is 29.3 Å². The number of thiophene rings is 1. The van der Waals surface area contributed by atoms with Crippen molar-refractivity contribution in [1.82, 2.24) is 15.3 Å². The number of rotatable bonds is 5. The first kappa shape index (κ1) is 21.3. The maximum absolute atomic E-state index is 13.1. The van der Waals surface area contributed by atoms with E-state index in [0.717, 1.165) is 36.1 Å². The first-order valence-electron chi connectivity index (χ1n) is 10.9. The van der Waals surface area contributed by atoms with Crippen molar-refractivity contribution in [3.8, 4) is 11.1 Å². The Bertz CT molecular complexity index is 1330. The molecule has 1 aliphatic rings. The average molecular weight is 463 g/mol. The molecule has 1 amide bonds. The third kappa shape index (κ3) is 4.52. The van der Waals surface area contributed by atoms with Crippen molar-refractivity contribution >= 4 is 33.4 Å². The number of nitrogens with zero attached hydrogens (tertiary/aromatic N) is 2. The number of halogens is 1. The van der Waals surface area contributed by atoms with Crippen molar-refractivity contribution in [2.75, 3.05) is 18.0 Å². The van der Waals surface area contributed by atoms with Gasteiger partial charge in [0.15, 0.2) is 0 Å². The number of hydrogen-bond donors (Lipinski definition) is 2. The number of aromatic nitrogens is 2. The summed E-state index contributed by atoms with van der Waals surface area (Å²) in [6.07, 6.45) is 1.59. The minimum atomic E-state index is -0.299. The molecule has 2 N–H and O–H groups in total. The van der Waals surface area contributed by atoms with Crippen LogP contribution in [0.4, 0.5) is 10.3 Å². The summed E-state index contributed by atoms with van der Waals surface area (Å²) in [5, 5.41) is 4.92. The molecule has 6 nitrogen and oxygen atoms in total. The Morgan fingerprint density at radius 1 is 1.18 bits per heavy atom. The second kappa shape index (κ2) is 9.15. The van der Waals surface area contributed by atoms with Gasteiger partial charge in [0.1, 0.15) is 10.5 Å². The highest BCUT2D eigenvalue weighted by Gasteiger charge is 2.27. The summed E-state index contributed by atoms with van der Waals surface area (Å²) >= 11 is 1.39. The number of hydrogen-bond acceptors (Lipinski definition) is 5. The molecule has 33 heavy (non-hydrogen) atoms. The molecule has 1 atom stereocenters. The average Bonchev–Trinajstić information content (AvgIpc) is 3.29. The van der Waals surface area contributed by atoms with Crippen LogP contribution in [0.15, 0.2) is 64.8 Å². The van der Waals surface area contributed by atoms with E-state index in [4.69, 9.17) is 4.98 Å². The predicted octanol–water partition coefficient (Wildman–Crippen LogP) is 4.32. The number of anilines is 1. The lowest BCUT2D eigenvalue weighted by Gasteiger charge is -2.32. The fraction of sp³-hybridized carbons (Fsp3) is 0.240. The number of nitrogens with one attached hydrogen (secondary N) is 2. The molecule has 1 fully saturated rings. The van der Waals surface area contributed by atoms with Gasteiger partial charge in [-0.3, -0.25) is 14.6 Å². The van der Waals surface area contributed by atoms with Crippen LogP contribution in [0.2, 0.25) is 0 Å². The number of carbonyl (C=O) groups excluding carboxylic acids is 1. The van der Waals surface area contributed by atoms with Crippen LogP contribution < -0.4 is 15.8 Å². The maximum Gasteiger partial charge on any atom is 0.270 e. The van der Waals surface area contributed by atoms with Gasteiger partial charge < -0.3 is 10.2 Å². The summed E-state index contributed by atoms with van der Waals surface area (Å²) < 4.78 is 13.7. The fourth-order valence-electron chi connectivity index (χ4n) is 4.21. The predicted molar refractivity (Wildman–Crippen MR) is 129 cm³/mol. The summed E-state index contributed by atoms with van der Waals surface area (Å²) in [5.41, 5.74) is 3.33. The Hall–Kier alpha value is -3.52. The summed E-state index contributed by atoms with van der Waals surface area (Å²) in [5.74, 6) is -0.0594. The lowest BCUT2D eigenvalue weighted by Crippen LogP contribution is -2.44. The van der Waals surface area contributed by atoms with Crippen molar-refractivity contribution in [2.24, 2.45) is 5.92 Å². The number of benzene rings is 2. The summed E-state index contributed by atoms with van der Waals surface area (Å²) in [6.45, 7) is 1.56. The van der Waals surface area contributed by atoms with E-state index in [9.17, 15) is 14.0 Å². The van der Waals surface area contributed by atoms with E-state index in [1.54, 1.807) is 12.1 Å². The molecule has 1 unspecified atom stereocenters. The quantitative estimate of drug-likeness (QED) is 0.463. The maximum atomic E-state index is 13.1. The van der Waals surface area contributed by atoms with Gasteiger partial charge in [-0.1, -0.05) is 42.5 Å². The van der Waals surface area contributed by atoms with Gasteiger partial charge in [-0.2, -0.15) is 0 Å². The molecule has 2 aromatic heterocycles. The van der Waals surface area contributed by atoms with Crippen molar-refractivity contribution in [3.63, 3.8) is 0 Å². The van der Waals surface area contributed by atoms with Gasteiger partial charge in [-0.05, 0) is 36.1 Å². The minimum Gasteiger partial charge on any atom is -0.352 e. The Morgan fingerprint density at radius 2 is 1.97 bits per heavy atom. The van der Waals surface area contributed by atoms with Gasteiger partial charge >= 0.3 is 0 Å². The van der Waals surface area contributed by atoms with E-state index >= 15 is 0 Å². The van der Waals surface area contributed by atoms with Gasteiger partial charge in [0.25, 0.3) is 5.56 Å². The molecule has 0 saturated carbocycles. The molecule has 0 radical (unpaired) electrons. The molecule has 1 saturated heterocycles. The number of fused-ring (bicyclic) bond motifs is 1. The first-order chi connectivity index (χ1) is 16.1. The fourth-order valence-corrected chi connectivity index (χ4v) is 5.12. The normalized spacial score (nSPS) is 16.2. The third-order valence-electron chi connectivity index (χ3n) is 5.97. The molecule has 3 heterocycles. The molecular formula is C25H23FN4O2S. The molecular weight excluding hydrogens is 439 g/mol. The van der Waals surface area contributed by atoms with Gasteiger partial charge in [-0.15, -0.1) is 11.3 Å². The number of piperidine rings is 1. The highest BCUT2D eigenvalue weighted by atomic mass is 32.1. The van der Waals surface area contributed by atoms with E-state index in [2.05, 4.69) is 10.3 Å². The highest BCUT2D eigenvalue weighted by molar-refractivity contribution is 7.17. The zero-order valence-corrected chi connectivity index (χ0v) is 18.7. The van der Waals surface area contributed by atoms with Crippen LogP contribution in [0.25, 0.3) is 21.3 Å². The van der Waals surface area contributed by atoms with Crippen LogP contribution in [0.1, 0.15) is 18.4 Å². The molecule has 8 heteroatoms. The van der Waals surface area contributed by atoms with E-state index in [1.807, 2.05) is 40.6 Å². The van der Waals surface area contributed by atoms with Crippen LogP contribution in [0, 0.1) is 11.7 Å². The largest absolute Gasteiger partial charge is 0.352 e. The Balaban J connectivity index is 1.34. The molecule has 0 aliphatic carbocycles. The molecule has 0 spiro atoms. The summed E-state index contributed by atoms with van der Waals surface area (Å²) in [6, 6.07) is 16.0. The Morgan fingerprint density at radius 3 is 2.76 bits per heavy atom. The van der Waals surface area contributed by atoms with Crippen molar-refractivity contribution in [3.05, 3.63) is 81.7 Å². The van der Waals surface area contributed by atoms with Crippen molar-refractivity contribution in [2.45, 2.75) is 19.4 Å². The standard InChI is InChI=1S/C25H23FN4O2S/c26-19-10-8-16(9-11-19)13-27-23(31)18-7-4-12-30(14-18)25-28-21-20(17-5-2-1-3-6-17)15-33-22(21)24(32)29-25/h1-3,5-6,8-11,15,18H,4,7,12-14H2,(H,27,31)(H,28,29,32).